The van der Waals surface area contributed by atoms with E-state index < -0.39 is 5.67 Å². The van der Waals surface area contributed by atoms with E-state index in [0.717, 1.165) is 32.5 Å². The molecule has 0 radical (unpaired) electrons. The number of benzene rings is 1. The molecule has 6 heteroatoms. The van der Waals surface area contributed by atoms with Gasteiger partial charge >= 0.3 is 0 Å². The molecule has 3 nitrogen and oxygen atoms in total. The quantitative estimate of drug-likeness (QED) is 0.521. The molecule has 0 saturated carbocycles. The first-order chi connectivity index (χ1) is 13.2. The highest BCUT2D eigenvalue weighted by atomic mass is 35.5. The molecule has 1 amide bonds. The summed E-state index contributed by atoms with van der Waals surface area (Å²) in [6, 6.07) is 4.63. The van der Waals surface area contributed by atoms with Crippen LogP contribution in [0.15, 0.2) is 29.8 Å². The Labute approximate surface area is 178 Å². The summed E-state index contributed by atoms with van der Waals surface area (Å²) < 4.78 is 15.1. The SMILES string of the molecule is CC(C)=CCCC(C)CN1CCC(F)(CNC(=O)c2cc(Cl)cc(Cl)c2)CC1. The third kappa shape index (κ3) is 7.73. The van der Waals surface area contributed by atoms with E-state index in [1.807, 2.05) is 0 Å². The number of halogens is 3. The minimum atomic E-state index is -1.36. The highest BCUT2D eigenvalue weighted by Gasteiger charge is 2.35. The molecule has 1 N–H and O–H groups in total. The zero-order valence-corrected chi connectivity index (χ0v) is 18.5. The molecule has 1 aliphatic rings. The third-order valence-electron chi connectivity index (χ3n) is 5.22. The highest BCUT2D eigenvalue weighted by molar-refractivity contribution is 6.35. The van der Waals surface area contributed by atoms with Crippen LogP contribution in [0.4, 0.5) is 4.39 Å². The Balaban J connectivity index is 1.76. The van der Waals surface area contributed by atoms with Crippen LogP contribution in [0.1, 0.15) is 56.8 Å². The summed E-state index contributed by atoms with van der Waals surface area (Å²) in [4.78, 5) is 14.6. The van der Waals surface area contributed by atoms with Crippen LogP contribution in [0.2, 0.25) is 10.0 Å². The van der Waals surface area contributed by atoms with Gasteiger partial charge in [-0.15, -0.1) is 0 Å². The maximum atomic E-state index is 15.1. The van der Waals surface area contributed by atoms with Gasteiger partial charge in [0.15, 0.2) is 0 Å². The first-order valence-corrected chi connectivity index (χ1v) is 10.7. The van der Waals surface area contributed by atoms with Gasteiger partial charge in [0.05, 0.1) is 6.54 Å². The number of hydrogen-bond acceptors (Lipinski definition) is 2. The summed E-state index contributed by atoms with van der Waals surface area (Å²) in [5.74, 6) is 0.242. The van der Waals surface area contributed by atoms with Crippen LogP contribution in [0, 0.1) is 5.92 Å². The van der Waals surface area contributed by atoms with Gasteiger partial charge in [-0.2, -0.15) is 0 Å². The van der Waals surface area contributed by atoms with Gasteiger partial charge < -0.3 is 10.2 Å². The Hall–Kier alpha value is -1.10. The fourth-order valence-corrected chi connectivity index (χ4v) is 4.05. The molecule has 28 heavy (non-hydrogen) atoms. The summed E-state index contributed by atoms with van der Waals surface area (Å²) in [5.41, 5.74) is 0.345. The molecule has 1 aliphatic heterocycles. The number of likely N-dealkylation sites (tertiary alicyclic amines) is 1. The standard InChI is InChI=1S/C22H31Cl2FN2O/c1-16(2)5-4-6-17(3)14-27-9-7-22(25,8-10-27)15-26-21(28)18-11-19(23)13-20(24)12-18/h5,11-13,17H,4,6-10,14-15H2,1-3H3,(H,26,28). The number of piperidine rings is 1. The van der Waals surface area contributed by atoms with E-state index in [0.29, 0.717) is 34.4 Å². The van der Waals surface area contributed by atoms with Crippen LogP contribution >= 0.6 is 23.2 Å². The fourth-order valence-electron chi connectivity index (χ4n) is 3.53. The smallest absolute Gasteiger partial charge is 0.251 e. The first kappa shape index (κ1) is 23.2. The van der Waals surface area contributed by atoms with Gasteiger partial charge in [-0.3, -0.25) is 4.79 Å². The third-order valence-corrected chi connectivity index (χ3v) is 5.66. The monoisotopic (exact) mass is 428 g/mol. The van der Waals surface area contributed by atoms with Crippen LogP contribution in [0.25, 0.3) is 0 Å². The van der Waals surface area contributed by atoms with Crippen LogP contribution in [-0.4, -0.2) is 42.7 Å². The van der Waals surface area contributed by atoms with Gasteiger partial charge in [-0.25, -0.2) is 4.39 Å². The molecule has 0 aromatic heterocycles. The van der Waals surface area contributed by atoms with Gasteiger partial charge in [0.2, 0.25) is 0 Å². The minimum Gasteiger partial charge on any atom is -0.349 e. The predicted octanol–water partition coefficient (Wildman–Crippen LogP) is 5.91. The van der Waals surface area contributed by atoms with E-state index in [-0.39, 0.29) is 12.5 Å². The molecule has 1 unspecified atom stereocenters. The predicted molar refractivity (Wildman–Crippen MR) is 116 cm³/mol. The number of nitrogens with zero attached hydrogens (tertiary/aromatic N) is 1. The summed E-state index contributed by atoms with van der Waals surface area (Å²) in [6.45, 7) is 8.96. The molecular weight excluding hydrogens is 398 g/mol. The van der Waals surface area contributed by atoms with Gasteiger partial charge in [0.25, 0.3) is 5.91 Å². The Kier molecular flexibility index (Phi) is 8.79. The van der Waals surface area contributed by atoms with Crippen molar-refractivity contribution >= 4 is 29.1 Å². The maximum Gasteiger partial charge on any atom is 0.251 e. The van der Waals surface area contributed by atoms with Crippen LogP contribution in [0.3, 0.4) is 0 Å². The molecule has 1 heterocycles. The van der Waals surface area contributed by atoms with Gasteiger partial charge in [0, 0.05) is 35.2 Å². The van der Waals surface area contributed by atoms with Crippen molar-refractivity contribution in [1.82, 2.24) is 10.2 Å². The number of hydrogen-bond donors (Lipinski definition) is 1. The van der Waals surface area contributed by atoms with Gasteiger partial charge in [0.1, 0.15) is 5.67 Å². The molecule has 0 aliphatic carbocycles. The number of carbonyl (C=O) groups is 1. The lowest BCUT2D eigenvalue weighted by Gasteiger charge is -2.37. The van der Waals surface area contributed by atoms with Crippen LogP contribution in [0.5, 0.6) is 0 Å². The molecule has 1 aromatic rings. The Morgan fingerprint density at radius 1 is 1.25 bits per heavy atom. The van der Waals surface area contributed by atoms with E-state index in [4.69, 9.17) is 23.2 Å². The van der Waals surface area contributed by atoms with Crippen molar-refractivity contribution in [3.05, 3.63) is 45.5 Å². The lowest BCUT2D eigenvalue weighted by atomic mass is 9.92. The summed E-state index contributed by atoms with van der Waals surface area (Å²) >= 11 is 11.9. The van der Waals surface area contributed by atoms with Gasteiger partial charge in [-0.1, -0.05) is 41.8 Å². The second-order valence-electron chi connectivity index (χ2n) is 8.26. The number of rotatable bonds is 8. The zero-order chi connectivity index (χ0) is 20.7. The second-order valence-corrected chi connectivity index (χ2v) is 9.13. The molecule has 1 saturated heterocycles. The van der Waals surface area contributed by atoms with Crippen molar-refractivity contribution in [2.24, 2.45) is 5.92 Å². The zero-order valence-electron chi connectivity index (χ0n) is 17.0. The Bertz CT molecular complexity index is 676. The van der Waals surface area contributed by atoms with Crippen LogP contribution in [-0.2, 0) is 0 Å². The van der Waals surface area contributed by atoms with Crippen molar-refractivity contribution in [3.63, 3.8) is 0 Å². The average molecular weight is 429 g/mol. The first-order valence-electron chi connectivity index (χ1n) is 9.96. The Morgan fingerprint density at radius 3 is 2.43 bits per heavy atom. The van der Waals surface area contributed by atoms with Crippen molar-refractivity contribution in [3.8, 4) is 0 Å². The van der Waals surface area contributed by atoms with Crippen molar-refractivity contribution < 1.29 is 9.18 Å². The largest absolute Gasteiger partial charge is 0.349 e. The number of nitrogens with one attached hydrogen (secondary N) is 1. The van der Waals surface area contributed by atoms with Crippen LogP contribution < -0.4 is 5.32 Å². The number of allylic oxidation sites excluding steroid dienone is 2. The topological polar surface area (TPSA) is 32.3 Å². The fraction of sp³-hybridized carbons (Fsp3) is 0.591. The van der Waals surface area contributed by atoms with E-state index in [1.54, 1.807) is 6.07 Å². The van der Waals surface area contributed by atoms with E-state index in [2.05, 4.69) is 37.1 Å². The van der Waals surface area contributed by atoms with Crippen molar-refractivity contribution in [1.29, 1.82) is 0 Å². The molecule has 1 aromatic carbocycles. The second kappa shape index (κ2) is 10.6. The molecular formula is C22H31Cl2FN2O. The van der Waals surface area contributed by atoms with Crippen molar-refractivity contribution in [2.45, 2.75) is 52.1 Å². The number of alkyl halides is 1. The van der Waals surface area contributed by atoms with Crippen molar-refractivity contribution in [2.75, 3.05) is 26.2 Å². The Morgan fingerprint density at radius 2 is 1.86 bits per heavy atom. The van der Waals surface area contributed by atoms with Gasteiger partial charge in [-0.05, 0) is 63.6 Å². The molecule has 1 atom stereocenters. The van der Waals surface area contributed by atoms with E-state index in [1.165, 1.54) is 17.7 Å². The van der Waals surface area contributed by atoms with E-state index >= 15 is 4.39 Å². The molecule has 0 spiro atoms. The molecule has 0 bridgehead atoms. The summed E-state index contributed by atoms with van der Waals surface area (Å²) in [7, 11) is 0. The summed E-state index contributed by atoms with van der Waals surface area (Å²) in [5, 5.41) is 3.48. The lowest BCUT2D eigenvalue weighted by Crippen LogP contribution is -2.49. The number of amides is 1. The number of carbonyl (C=O) groups excluding carboxylic acids is 1. The normalized spacial score (nSPS) is 17.8. The van der Waals surface area contributed by atoms with E-state index in [9.17, 15) is 4.79 Å². The highest BCUT2D eigenvalue weighted by Crippen LogP contribution is 2.27. The molecule has 2 rings (SSSR count). The average Bonchev–Trinajstić information content (AvgIpc) is 2.61. The lowest BCUT2D eigenvalue weighted by molar-refractivity contribution is 0.0492. The maximum absolute atomic E-state index is 15.1. The summed E-state index contributed by atoms with van der Waals surface area (Å²) in [6.07, 6.45) is 5.40. The molecule has 1 fully saturated rings. The molecule has 156 valence electrons. The minimum absolute atomic E-state index is 0.0138.